The van der Waals surface area contributed by atoms with Crippen LogP contribution in [0.5, 0.6) is 0 Å². The molecule has 2 bridgehead atoms. The number of hydrogen-bond acceptors (Lipinski definition) is 4. The fourth-order valence-corrected chi connectivity index (χ4v) is 3.58. The van der Waals surface area contributed by atoms with E-state index in [0.717, 1.165) is 25.3 Å². The number of nitro groups is 1. The predicted molar refractivity (Wildman–Crippen MR) is 74.2 cm³/mol. The number of rotatable bonds is 3. The lowest BCUT2D eigenvalue weighted by Crippen LogP contribution is -2.38. The standard InChI is InChI=1S/C14H16FN3O3/c15-10-6-13(18(20)21)9(5-11(10)16)14(19)17-12-4-7-1-2-8(12)3-7/h5-8,12H,1-4,16H2,(H,17,19). The van der Waals surface area contributed by atoms with E-state index in [1.165, 1.54) is 6.42 Å². The van der Waals surface area contributed by atoms with Gasteiger partial charge in [-0.1, -0.05) is 6.42 Å². The molecule has 3 atom stereocenters. The van der Waals surface area contributed by atoms with Crippen molar-refractivity contribution >= 4 is 17.3 Å². The van der Waals surface area contributed by atoms with Gasteiger partial charge in [-0.2, -0.15) is 0 Å². The molecule has 3 rings (SSSR count). The summed E-state index contributed by atoms with van der Waals surface area (Å²) in [4.78, 5) is 22.5. The average molecular weight is 293 g/mol. The molecule has 112 valence electrons. The van der Waals surface area contributed by atoms with Gasteiger partial charge in [-0.15, -0.1) is 0 Å². The molecule has 0 aliphatic heterocycles. The van der Waals surface area contributed by atoms with E-state index in [2.05, 4.69) is 5.32 Å². The Hall–Kier alpha value is -2.18. The van der Waals surface area contributed by atoms with Crippen LogP contribution < -0.4 is 11.1 Å². The van der Waals surface area contributed by atoms with Crippen molar-refractivity contribution < 1.29 is 14.1 Å². The lowest BCUT2D eigenvalue weighted by Gasteiger charge is -2.22. The van der Waals surface area contributed by atoms with Gasteiger partial charge >= 0.3 is 0 Å². The van der Waals surface area contributed by atoms with Crippen LogP contribution in [-0.4, -0.2) is 16.9 Å². The highest BCUT2D eigenvalue weighted by Gasteiger charge is 2.40. The molecule has 1 aromatic carbocycles. The molecule has 7 heteroatoms. The lowest BCUT2D eigenvalue weighted by atomic mass is 9.95. The highest BCUT2D eigenvalue weighted by Crippen LogP contribution is 2.44. The molecule has 2 fully saturated rings. The third-order valence-corrected chi connectivity index (χ3v) is 4.61. The second kappa shape index (κ2) is 4.98. The highest BCUT2D eigenvalue weighted by atomic mass is 19.1. The van der Waals surface area contributed by atoms with Crippen LogP contribution in [0.1, 0.15) is 36.0 Å². The molecule has 3 N–H and O–H groups in total. The Morgan fingerprint density at radius 3 is 2.71 bits per heavy atom. The van der Waals surface area contributed by atoms with Crippen molar-refractivity contribution in [2.45, 2.75) is 31.7 Å². The number of benzene rings is 1. The molecule has 0 radical (unpaired) electrons. The molecule has 1 amide bonds. The van der Waals surface area contributed by atoms with Gasteiger partial charge in [-0.25, -0.2) is 4.39 Å². The van der Waals surface area contributed by atoms with Crippen molar-refractivity contribution in [3.63, 3.8) is 0 Å². The Bertz CT molecular complexity index is 620. The number of nitrogens with zero attached hydrogens (tertiary/aromatic N) is 1. The van der Waals surface area contributed by atoms with Crippen molar-refractivity contribution in [1.82, 2.24) is 5.32 Å². The number of carbonyl (C=O) groups excluding carboxylic acids is 1. The average Bonchev–Trinajstić information content (AvgIpc) is 3.03. The molecule has 0 heterocycles. The minimum atomic E-state index is -0.891. The summed E-state index contributed by atoms with van der Waals surface area (Å²) in [6.07, 6.45) is 4.31. The molecule has 2 aliphatic carbocycles. The van der Waals surface area contributed by atoms with Gasteiger partial charge in [0, 0.05) is 6.04 Å². The Balaban J connectivity index is 1.84. The van der Waals surface area contributed by atoms with Crippen molar-refractivity contribution in [3.05, 3.63) is 33.6 Å². The maximum absolute atomic E-state index is 13.3. The number of anilines is 1. The predicted octanol–water partition coefficient (Wildman–Crippen LogP) is 2.23. The summed E-state index contributed by atoms with van der Waals surface area (Å²) >= 11 is 0. The SMILES string of the molecule is Nc1cc(C(=O)NC2CC3CCC2C3)c([N+](=O)[O-])cc1F. The number of fused-ring (bicyclic) bond motifs is 2. The van der Waals surface area contributed by atoms with E-state index in [4.69, 9.17) is 5.73 Å². The van der Waals surface area contributed by atoms with Crippen LogP contribution >= 0.6 is 0 Å². The summed E-state index contributed by atoms with van der Waals surface area (Å²) in [5.74, 6) is -0.339. The minimum Gasteiger partial charge on any atom is -0.396 e. The van der Waals surface area contributed by atoms with Gasteiger partial charge < -0.3 is 11.1 Å². The van der Waals surface area contributed by atoms with Gasteiger partial charge in [-0.05, 0) is 37.2 Å². The molecule has 0 spiro atoms. The van der Waals surface area contributed by atoms with Crippen LogP contribution in [0.25, 0.3) is 0 Å². The first-order valence-electron chi connectivity index (χ1n) is 7.00. The third-order valence-electron chi connectivity index (χ3n) is 4.61. The number of nitrogens with one attached hydrogen (secondary N) is 1. The van der Waals surface area contributed by atoms with E-state index in [-0.39, 0.29) is 17.3 Å². The molecular weight excluding hydrogens is 277 g/mol. The zero-order valence-corrected chi connectivity index (χ0v) is 11.3. The molecule has 0 saturated heterocycles. The molecule has 6 nitrogen and oxygen atoms in total. The fourth-order valence-electron chi connectivity index (χ4n) is 3.58. The van der Waals surface area contributed by atoms with Gasteiger partial charge in [0.05, 0.1) is 16.7 Å². The number of carbonyl (C=O) groups is 1. The molecule has 1 aromatic rings. The summed E-state index contributed by atoms with van der Waals surface area (Å²) in [7, 11) is 0. The van der Waals surface area contributed by atoms with E-state index in [1.54, 1.807) is 0 Å². The maximum Gasteiger partial charge on any atom is 0.285 e. The first kappa shape index (κ1) is 13.8. The van der Waals surface area contributed by atoms with Gasteiger partial charge in [-0.3, -0.25) is 14.9 Å². The molecule has 21 heavy (non-hydrogen) atoms. The number of halogens is 1. The van der Waals surface area contributed by atoms with Gasteiger partial charge in [0.15, 0.2) is 5.82 Å². The Morgan fingerprint density at radius 2 is 2.14 bits per heavy atom. The summed E-state index contributed by atoms with van der Waals surface area (Å²) in [5.41, 5.74) is 4.42. The largest absolute Gasteiger partial charge is 0.396 e. The van der Waals surface area contributed by atoms with E-state index in [9.17, 15) is 19.3 Å². The first-order chi connectivity index (χ1) is 9.95. The van der Waals surface area contributed by atoms with Crippen LogP contribution in [0.15, 0.2) is 12.1 Å². The van der Waals surface area contributed by atoms with Crippen molar-refractivity contribution in [2.24, 2.45) is 11.8 Å². The normalized spacial score (nSPS) is 26.8. The minimum absolute atomic E-state index is 0.0575. The third kappa shape index (κ3) is 2.43. The first-order valence-corrected chi connectivity index (χ1v) is 7.00. The Kier molecular flexibility index (Phi) is 3.27. The van der Waals surface area contributed by atoms with Crippen molar-refractivity contribution in [2.75, 3.05) is 5.73 Å². The molecule has 2 aliphatic rings. The van der Waals surface area contributed by atoms with Gasteiger partial charge in [0.25, 0.3) is 11.6 Å². The number of hydrogen-bond donors (Lipinski definition) is 2. The zero-order valence-electron chi connectivity index (χ0n) is 11.3. The summed E-state index contributed by atoms with van der Waals surface area (Å²) < 4.78 is 13.3. The number of nitrogen functional groups attached to an aromatic ring is 1. The summed E-state index contributed by atoms with van der Waals surface area (Å²) in [5, 5.41) is 13.8. The van der Waals surface area contributed by atoms with Gasteiger partial charge in [0.1, 0.15) is 5.56 Å². The van der Waals surface area contributed by atoms with Crippen LogP contribution in [0.3, 0.4) is 0 Å². The van der Waals surface area contributed by atoms with E-state index in [1.807, 2.05) is 0 Å². The van der Waals surface area contributed by atoms with E-state index < -0.39 is 22.3 Å². The Labute approximate surface area is 120 Å². The molecule has 0 aromatic heterocycles. The lowest BCUT2D eigenvalue weighted by molar-refractivity contribution is -0.385. The smallest absolute Gasteiger partial charge is 0.285 e. The van der Waals surface area contributed by atoms with E-state index >= 15 is 0 Å². The monoisotopic (exact) mass is 293 g/mol. The highest BCUT2D eigenvalue weighted by molar-refractivity contribution is 5.99. The topological polar surface area (TPSA) is 98.3 Å². The summed E-state index contributed by atoms with van der Waals surface area (Å²) in [6, 6.07) is 1.79. The van der Waals surface area contributed by atoms with Crippen LogP contribution in [0.4, 0.5) is 15.8 Å². The van der Waals surface area contributed by atoms with Crippen LogP contribution in [0.2, 0.25) is 0 Å². The zero-order chi connectivity index (χ0) is 15.1. The molecular formula is C14H16FN3O3. The quantitative estimate of drug-likeness (QED) is 0.507. The number of nitrogens with two attached hydrogens (primary N) is 1. The van der Waals surface area contributed by atoms with Crippen LogP contribution in [-0.2, 0) is 0 Å². The molecule has 3 unspecified atom stereocenters. The second-order valence-corrected chi connectivity index (χ2v) is 5.90. The van der Waals surface area contributed by atoms with Crippen LogP contribution in [0, 0.1) is 27.8 Å². The maximum atomic E-state index is 13.3. The number of amides is 1. The second-order valence-electron chi connectivity index (χ2n) is 5.90. The van der Waals surface area contributed by atoms with Crippen molar-refractivity contribution in [1.29, 1.82) is 0 Å². The summed E-state index contributed by atoms with van der Waals surface area (Å²) in [6.45, 7) is 0. The fraction of sp³-hybridized carbons (Fsp3) is 0.500. The number of nitro benzene ring substituents is 1. The Morgan fingerprint density at radius 1 is 1.38 bits per heavy atom. The van der Waals surface area contributed by atoms with E-state index in [0.29, 0.717) is 17.9 Å². The van der Waals surface area contributed by atoms with Crippen molar-refractivity contribution in [3.8, 4) is 0 Å². The molecule has 2 saturated carbocycles. The van der Waals surface area contributed by atoms with Gasteiger partial charge in [0.2, 0.25) is 0 Å².